The third kappa shape index (κ3) is 4.52. The minimum Gasteiger partial charge on any atom is -0.433 e. The molecule has 0 bridgehead atoms. The van der Waals surface area contributed by atoms with E-state index in [4.69, 9.17) is 4.74 Å². The lowest BCUT2D eigenvalue weighted by molar-refractivity contribution is -0.384. The summed E-state index contributed by atoms with van der Waals surface area (Å²) in [6.45, 7) is -1.12. The number of hydrogen-bond donors (Lipinski definition) is 1. The van der Waals surface area contributed by atoms with E-state index in [-0.39, 0.29) is 22.7 Å². The number of ether oxygens (including phenoxy) is 2. The highest BCUT2D eigenvalue weighted by Gasteiger charge is 2.23. The lowest BCUT2D eigenvalue weighted by Gasteiger charge is -2.28. The molecule has 28 heavy (non-hydrogen) atoms. The molecule has 2 aromatic carbocycles. The van der Waals surface area contributed by atoms with E-state index in [9.17, 15) is 23.7 Å². The van der Waals surface area contributed by atoms with E-state index in [1.165, 1.54) is 36.4 Å². The summed E-state index contributed by atoms with van der Waals surface area (Å²) in [6.07, 6.45) is 0. The van der Waals surface area contributed by atoms with E-state index in [0.29, 0.717) is 32.0 Å². The number of rotatable bonds is 6. The van der Waals surface area contributed by atoms with Gasteiger partial charge in [0.15, 0.2) is 0 Å². The van der Waals surface area contributed by atoms with Crippen molar-refractivity contribution in [3.8, 4) is 5.75 Å². The number of carbonyl (C=O) groups excluding carboxylic acids is 1. The highest BCUT2D eigenvalue weighted by Crippen LogP contribution is 2.31. The van der Waals surface area contributed by atoms with Crippen LogP contribution in [0.5, 0.6) is 5.75 Å². The van der Waals surface area contributed by atoms with Gasteiger partial charge in [-0.2, -0.15) is 8.78 Å². The third-order valence-electron chi connectivity index (χ3n) is 4.14. The molecule has 0 unspecified atom stereocenters. The molecule has 0 saturated carbocycles. The first kappa shape index (κ1) is 19.5. The molecule has 0 spiro atoms. The van der Waals surface area contributed by atoms with Crippen molar-refractivity contribution in [2.45, 2.75) is 6.61 Å². The molecule has 1 fully saturated rings. The van der Waals surface area contributed by atoms with Crippen LogP contribution in [0.3, 0.4) is 0 Å². The van der Waals surface area contributed by atoms with Crippen molar-refractivity contribution in [1.29, 1.82) is 0 Å². The zero-order chi connectivity index (χ0) is 20.1. The molecule has 10 heteroatoms. The zero-order valence-corrected chi connectivity index (χ0v) is 14.6. The quantitative estimate of drug-likeness (QED) is 0.598. The fraction of sp³-hybridized carbons (Fsp3) is 0.278. The Balaban J connectivity index is 1.84. The molecule has 1 N–H and O–H groups in total. The summed E-state index contributed by atoms with van der Waals surface area (Å²) >= 11 is 0. The van der Waals surface area contributed by atoms with Gasteiger partial charge in [-0.05, 0) is 24.3 Å². The lowest BCUT2D eigenvalue weighted by atomic mass is 10.1. The van der Waals surface area contributed by atoms with Crippen LogP contribution >= 0.6 is 0 Å². The van der Waals surface area contributed by atoms with E-state index in [1.54, 1.807) is 0 Å². The maximum atomic E-state index is 12.5. The normalized spacial score (nSPS) is 14.0. The number of alkyl halides is 2. The maximum absolute atomic E-state index is 12.5. The standard InChI is InChI=1S/C18H17F2N3O5/c19-18(20)28-16-4-2-1-3-13(16)21-17(24)12-5-6-14(15(11-12)23(25)26)22-7-9-27-10-8-22/h1-6,11,18H,7-10H2,(H,21,24). The Morgan fingerprint density at radius 1 is 1.21 bits per heavy atom. The molecule has 0 atom stereocenters. The first-order valence-electron chi connectivity index (χ1n) is 8.42. The Labute approximate surface area is 158 Å². The van der Waals surface area contributed by atoms with Crippen molar-refractivity contribution in [2.75, 3.05) is 36.5 Å². The van der Waals surface area contributed by atoms with Crippen LogP contribution in [0.4, 0.5) is 25.8 Å². The molecule has 1 heterocycles. The molecular formula is C18H17F2N3O5. The Hall–Kier alpha value is -3.27. The van der Waals surface area contributed by atoms with Gasteiger partial charge < -0.3 is 19.7 Å². The van der Waals surface area contributed by atoms with Gasteiger partial charge in [0.2, 0.25) is 0 Å². The first-order valence-corrected chi connectivity index (χ1v) is 8.42. The molecule has 2 aromatic rings. The van der Waals surface area contributed by atoms with Crippen molar-refractivity contribution in [3.63, 3.8) is 0 Å². The van der Waals surface area contributed by atoms with Crippen molar-refractivity contribution in [1.82, 2.24) is 0 Å². The minimum atomic E-state index is -3.05. The van der Waals surface area contributed by atoms with Crippen LogP contribution in [0, 0.1) is 10.1 Å². The summed E-state index contributed by atoms with van der Waals surface area (Å²) in [5, 5.41) is 13.9. The number of morpholine rings is 1. The zero-order valence-electron chi connectivity index (χ0n) is 14.6. The summed E-state index contributed by atoms with van der Waals surface area (Å²) < 4.78 is 34.6. The van der Waals surface area contributed by atoms with Crippen LogP contribution < -0.4 is 15.0 Å². The van der Waals surface area contributed by atoms with E-state index in [0.717, 1.165) is 6.07 Å². The number of nitro groups is 1. The van der Waals surface area contributed by atoms with Crippen LogP contribution in [0.25, 0.3) is 0 Å². The van der Waals surface area contributed by atoms with Gasteiger partial charge in [-0.1, -0.05) is 12.1 Å². The highest BCUT2D eigenvalue weighted by molar-refractivity contribution is 6.05. The molecule has 148 valence electrons. The summed E-state index contributed by atoms with van der Waals surface area (Å²) in [4.78, 5) is 25.2. The van der Waals surface area contributed by atoms with Crippen LogP contribution in [-0.4, -0.2) is 43.7 Å². The van der Waals surface area contributed by atoms with Gasteiger partial charge in [0.25, 0.3) is 11.6 Å². The Bertz CT molecular complexity index is 872. The molecule has 0 aliphatic carbocycles. The first-order chi connectivity index (χ1) is 13.5. The number of nitrogens with zero attached hydrogens (tertiary/aromatic N) is 2. The van der Waals surface area contributed by atoms with Crippen molar-refractivity contribution < 1.29 is 28.0 Å². The summed E-state index contributed by atoms with van der Waals surface area (Å²) in [5.74, 6) is -0.882. The van der Waals surface area contributed by atoms with Crippen LogP contribution in [0.15, 0.2) is 42.5 Å². The molecular weight excluding hydrogens is 376 g/mol. The number of amides is 1. The van der Waals surface area contributed by atoms with Crippen molar-refractivity contribution >= 4 is 23.0 Å². The predicted molar refractivity (Wildman–Crippen MR) is 97.2 cm³/mol. The molecule has 3 rings (SSSR count). The Morgan fingerprint density at radius 3 is 2.61 bits per heavy atom. The molecule has 1 aliphatic heterocycles. The molecule has 8 nitrogen and oxygen atoms in total. The lowest BCUT2D eigenvalue weighted by Crippen LogP contribution is -2.36. The van der Waals surface area contributed by atoms with E-state index in [2.05, 4.69) is 10.1 Å². The van der Waals surface area contributed by atoms with Gasteiger partial charge in [-0.25, -0.2) is 0 Å². The second-order valence-corrected chi connectivity index (χ2v) is 5.89. The van der Waals surface area contributed by atoms with Crippen LogP contribution in [0.1, 0.15) is 10.4 Å². The minimum absolute atomic E-state index is 0.0237. The number of para-hydroxylation sites is 2. The Kier molecular flexibility index (Phi) is 5.99. The van der Waals surface area contributed by atoms with Crippen molar-refractivity contribution in [3.05, 3.63) is 58.1 Å². The second kappa shape index (κ2) is 8.61. The van der Waals surface area contributed by atoms with Gasteiger partial charge in [0.05, 0.1) is 23.8 Å². The Morgan fingerprint density at radius 2 is 1.93 bits per heavy atom. The molecule has 1 saturated heterocycles. The molecule has 0 radical (unpaired) electrons. The van der Waals surface area contributed by atoms with E-state index < -0.39 is 17.4 Å². The number of benzene rings is 2. The SMILES string of the molecule is O=C(Nc1ccccc1OC(F)F)c1ccc(N2CCOCC2)c([N+](=O)[O-])c1. The summed E-state index contributed by atoms with van der Waals surface area (Å²) in [7, 11) is 0. The summed E-state index contributed by atoms with van der Waals surface area (Å²) in [5.41, 5.74) is 0.237. The van der Waals surface area contributed by atoms with Gasteiger partial charge >= 0.3 is 6.61 Å². The number of nitro benzene ring substituents is 1. The van der Waals surface area contributed by atoms with Crippen LogP contribution in [0.2, 0.25) is 0 Å². The largest absolute Gasteiger partial charge is 0.433 e. The summed E-state index contributed by atoms with van der Waals surface area (Å²) in [6, 6.07) is 9.81. The average Bonchev–Trinajstić information content (AvgIpc) is 2.69. The number of hydrogen-bond acceptors (Lipinski definition) is 6. The van der Waals surface area contributed by atoms with Gasteiger partial charge in [0, 0.05) is 24.7 Å². The average molecular weight is 393 g/mol. The number of halogens is 2. The monoisotopic (exact) mass is 393 g/mol. The van der Waals surface area contributed by atoms with Gasteiger partial charge in [-0.3, -0.25) is 14.9 Å². The molecule has 1 amide bonds. The number of carbonyl (C=O) groups is 1. The van der Waals surface area contributed by atoms with Crippen LogP contribution in [-0.2, 0) is 4.74 Å². The molecule has 1 aliphatic rings. The fourth-order valence-corrected chi connectivity index (χ4v) is 2.85. The molecule has 0 aromatic heterocycles. The third-order valence-corrected chi connectivity index (χ3v) is 4.14. The predicted octanol–water partition coefficient (Wildman–Crippen LogP) is 3.29. The second-order valence-electron chi connectivity index (χ2n) is 5.89. The topological polar surface area (TPSA) is 93.9 Å². The fourth-order valence-electron chi connectivity index (χ4n) is 2.85. The van der Waals surface area contributed by atoms with E-state index >= 15 is 0 Å². The number of nitrogens with one attached hydrogen (secondary N) is 1. The smallest absolute Gasteiger partial charge is 0.387 e. The van der Waals surface area contributed by atoms with Gasteiger partial charge in [-0.15, -0.1) is 0 Å². The van der Waals surface area contributed by atoms with Crippen molar-refractivity contribution in [2.24, 2.45) is 0 Å². The maximum Gasteiger partial charge on any atom is 0.387 e. The highest BCUT2D eigenvalue weighted by atomic mass is 19.3. The van der Waals surface area contributed by atoms with Gasteiger partial charge in [0.1, 0.15) is 11.4 Å². The number of anilines is 2. The van der Waals surface area contributed by atoms with E-state index in [1.807, 2.05) is 4.90 Å².